The Hall–Kier alpha value is -4.08. The van der Waals surface area contributed by atoms with Crippen molar-refractivity contribution >= 4 is 17.9 Å². The average molecular weight is 525 g/mol. The SMILES string of the molecule is COc1cc(C=C2CC[C@H]3CN(C(C)=O)C[C@@H](c4cc(F)c(F)c(F)c4)N3C2=O)ccc1-n1cnc(C)c1. The fraction of sp³-hybridized carbons (Fsp3) is 0.321. The molecule has 0 aliphatic carbocycles. The lowest BCUT2D eigenvalue weighted by Crippen LogP contribution is -2.59. The molecule has 198 valence electrons. The molecule has 1 aromatic heterocycles. The summed E-state index contributed by atoms with van der Waals surface area (Å²) in [5.74, 6) is -4.13. The van der Waals surface area contributed by atoms with Gasteiger partial charge in [0.2, 0.25) is 5.91 Å². The Balaban J connectivity index is 1.49. The van der Waals surface area contributed by atoms with Gasteiger partial charge in [0.05, 0.1) is 36.9 Å². The Morgan fingerprint density at radius 1 is 1.13 bits per heavy atom. The van der Waals surface area contributed by atoms with E-state index in [0.717, 1.165) is 29.1 Å². The summed E-state index contributed by atoms with van der Waals surface area (Å²) in [7, 11) is 1.57. The number of rotatable bonds is 4. The third-order valence-corrected chi connectivity index (χ3v) is 7.18. The summed E-state index contributed by atoms with van der Waals surface area (Å²) in [6, 6.07) is 6.22. The van der Waals surface area contributed by atoms with Crippen LogP contribution >= 0.6 is 0 Å². The van der Waals surface area contributed by atoms with Gasteiger partial charge in [0.1, 0.15) is 5.75 Å². The number of piperidine rings is 1. The fourth-order valence-corrected chi connectivity index (χ4v) is 5.28. The van der Waals surface area contributed by atoms with E-state index in [1.54, 1.807) is 29.3 Å². The van der Waals surface area contributed by atoms with E-state index in [1.165, 1.54) is 6.92 Å². The van der Waals surface area contributed by atoms with Crippen LogP contribution in [0.2, 0.25) is 0 Å². The Kier molecular flexibility index (Phi) is 6.73. The minimum atomic E-state index is -1.57. The second-order valence-electron chi connectivity index (χ2n) is 9.67. The van der Waals surface area contributed by atoms with Gasteiger partial charge in [-0.25, -0.2) is 18.2 Å². The summed E-state index contributed by atoms with van der Waals surface area (Å²) in [6.45, 7) is 3.69. The van der Waals surface area contributed by atoms with Crippen LogP contribution < -0.4 is 4.74 Å². The molecule has 2 amide bonds. The van der Waals surface area contributed by atoms with E-state index in [0.29, 0.717) is 30.7 Å². The quantitative estimate of drug-likeness (QED) is 0.370. The number of imidazole rings is 1. The summed E-state index contributed by atoms with van der Waals surface area (Å²) >= 11 is 0. The number of fused-ring (bicyclic) bond motifs is 1. The van der Waals surface area contributed by atoms with Gasteiger partial charge in [0.15, 0.2) is 17.5 Å². The lowest BCUT2D eigenvalue weighted by atomic mass is 9.88. The molecule has 10 heteroatoms. The molecule has 2 aliphatic rings. The van der Waals surface area contributed by atoms with Gasteiger partial charge in [0.25, 0.3) is 5.91 Å². The minimum Gasteiger partial charge on any atom is -0.495 e. The number of carbonyl (C=O) groups is 2. The number of halogens is 3. The van der Waals surface area contributed by atoms with Crippen LogP contribution in [0, 0.1) is 24.4 Å². The molecule has 38 heavy (non-hydrogen) atoms. The molecule has 0 N–H and O–H groups in total. The Bertz CT molecular complexity index is 1430. The highest BCUT2D eigenvalue weighted by Gasteiger charge is 2.43. The molecule has 7 nitrogen and oxygen atoms in total. The monoisotopic (exact) mass is 524 g/mol. The molecule has 0 radical (unpaired) electrons. The molecule has 2 atom stereocenters. The third-order valence-electron chi connectivity index (χ3n) is 7.18. The highest BCUT2D eigenvalue weighted by atomic mass is 19.2. The van der Waals surface area contributed by atoms with E-state index in [9.17, 15) is 22.8 Å². The second-order valence-corrected chi connectivity index (χ2v) is 9.67. The van der Waals surface area contributed by atoms with Crippen molar-refractivity contribution in [1.29, 1.82) is 0 Å². The Morgan fingerprint density at radius 2 is 1.87 bits per heavy atom. The molecule has 2 aromatic carbocycles. The predicted octanol–water partition coefficient (Wildman–Crippen LogP) is 4.58. The van der Waals surface area contributed by atoms with E-state index >= 15 is 0 Å². The molecular weight excluding hydrogens is 497 g/mol. The summed E-state index contributed by atoms with van der Waals surface area (Å²) in [5, 5.41) is 0. The summed E-state index contributed by atoms with van der Waals surface area (Å²) in [6.07, 6.45) is 6.38. The van der Waals surface area contributed by atoms with Crippen molar-refractivity contribution in [3.8, 4) is 11.4 Å². The standard InChI is InChI=1S/C28H27F3N4O3/c1-16-12-34(15-32-16)24-7-4-18(9-26(24)38-3)8-19-5-6-21-13-33(17(2)36)14-25(35(21)28(19)37)20-10-22(29)27(31)23(30)11-20/h4,7-12,15,21,25H,5-6,13-14H2,1-3H3/t21-,25-/m0/s1. The Morgan fingerprint density at radius 3 is 2.50 bits per heavy atom. The summed E-state index contributed by atoms with van der Waals surface area (Å²) < 4.78 is 49.4. The highest BCUT2D eigenvalue weighted by molar-refractivity contribution is 5.99. The topological polar surface area (TPSA) is 67.7 Å². The van der Waals surface area contributed by atoms with Crippen molar-refractivity contribution in [3.05, 3.63) is 82.7 Å². The number of aryl methyl sites for hydroxylation is 1. The van der Waals surface area contributed by atoms with Gasteiger partial charge in [-0.3, -0.25) is 9.59 Å². The van der Waals surface area contributed by atoms with Gasteiger partial charge in [-0.1, -0.05) is 6.07 Å². The largest absolute Gasteiger partial charge is 0.495 e. The number of methoxy groups -OCH3 is 1. The van der Waals surface area contributed by atoms with Crippen molar-refractivity contribution in [1.82, 2.24) is 19.4 Å². The van der Waals surface area contributed by atoms with E-state index in [2.05, 4.69) is 4.98 Å². The van der Waals surface area contributed by atoms with Crippen LogP contribution in [0.15, 0.2) is 48.4 Å². The Labute approximate surface area is 218 Å². The van der Waals surface area contributed by atoms with Crippen LogP contribution in [0.1, 0.15) is 42.6 Å². The first-order chi connectivity index (χ1) is 18.2. The van der Waals surface area contributed by atoms with Crippen LogP contribution in [0.5, 0.6) is 5.75 Å². The smallest absolute Gasteiger partial charge is 0.250 e. The number of amides is 2. The summed E-state index contributed by atoms with van der Waals surface area (Å²) in [4.78, 5) is 33.4. The second kappa shape index (κ2) is 10.00. The molecule has 0 unspecified atom stereocenters. The third kappa shape index (κ3) is 4.66. The van der Waals surface area contributed by atoms with Crippen LogP contribution in [-0.2, 0) is 9.59 Å². The fourth-order valence-electron chi connectivity index (χ4n) is 5.28. The maximum atomic E-state index is 14.1. The average Bonchev–Trinajstić information content (AvgIpc) is 3.33. The highest BCUT2D eigenvalue weighted by Crippen LogP contribution is 2.38. The molecule has 0 bridgehead atoms. The number of hydrogen-bond donors (Lipinski definition) is 0. The van der Waals surface area contributed by atoms with Crippen LogP contribution in [0.25, 0.3) is 11.8 Å². The van der Waals surface area contributed by atoms with Gasteiger partial charge in [-0.2, -0.15) is 0 Å². The molecule has 2 fully saturated rings. The lowest BCUT2D eigenvalue weighted by molar-refractivity contribution is -0.146. The van der Waals surface area contributed by atoms with Gasteiger partial charge < -0.3 is 19.1 Å². The van der Waals surface area contributed by atoms with Crippen molar-refractivity contribution in [2.45, 2.75) is 38.8 Å². The van der Waals surface area contributed by atoms with E-state index in [1.807, 2.05) is 35.9 Å². The van der Waals surface area contributed by atoms with Crippen molar-refractivity contribution < 1.29 is 27.5 Å². The molecular formula is C28H27F3N4O3. The lowest BCUT2D eigenvalue weighted by Gasteiger charge is -2.49. The van der Waals surface area contributed by atoms with Gasteiger partial charge in [-0.05, 0) is 61.2 Å². The molecule has 2 saturated heterocycles. The first kappa shape index (κ1) is 25.6. The van der Waals surface area contributed by atoms with Crippen LogP contribution in [0.3, 0.4) is 0 Å². The zero-order chi connectivity index (χ0) is 27.1. The van der Waals surface area contributed by atoms with Crippen LogP contribution in [-0.4, -0.2) is 57.4 Å². The van der Waals surface area contributed by atoms with Crippen LogP contribution in [0.4, 0.5) is 13.2 Å². The van der Waals surface area contributed by atoms with E-state index in [4.69, 9.17) is 4.74 Å². The summed E-state index contributed by atoms with van der Waals surface area (Å²) in [5.41, 5.74) is 3.04. The number of aromatic nitrogens is 2. The number of benzene rings is 2. The maximum Gasteiger partial charge on any atom is 0.250 e. The van der Waals surface area contributed by atoms with Gasteiger partial charge >= 0.3 is 0 Å². The predicted molar refractivity (Wildman–Crippen MR) is 134 cm³/mol. The number of hydrogen-bond acceptors (Lipinski definition) is 4. The molecule has 0 saturated carbocycles. The first-order valence-corrected chi connectivity index (χ1v) is 12.3. The molecule has 0 spiro atoms. The maximum absolute atomic E-state index is 14.1. The van der Waals surface area contributed by atoms with E-state index < -0.39 is 23.5 Å². The van der Waals surface area contributed by atoms with Gasteiger partial charge in [-0.15, -0.1) is 0 Å². The number of nitrogens with zero attached hydrogens (tertiary/aromatic N) is 4. The van der Waals surface area contributed by atoms with Crippen molar-refractivity contribution in [2.24, 2.45) is 0 Å². The zero-order valence-electron chi connectivity index (χ0n) is 21.2. The molecule has 3 heterocycles. The van der Waals surface area contributed by atoms with E-state index in [-0.39, 0.29) is 30.0 Å². The number of carbonyl (C=O) groups excluding carboxylic acids is 2. The van der Waals surface area contributed by atoms with Gasteiger partial charge in [0, 0.05) is 31.8 Å². The normalized spacial score (nSPS) is 20.6. The molecule has 2 aliphatic heterocycles. The number of piperazine rings is 1. The minimum absolute atomic E-state index is 0.0577. The number of ether oxygens (including phenoxy) is 1. The van der Waals surface area contributed by atoms with Crippen molar-refractivity contribution in [2.75, 3.05) is 20.2 Å². The first-order valence-electron chi connectivity index (χ1n) is 12.3. The molecule has 3 aromatic rings. The van der Waals surface area contributed by atoms with Crippen molar-refractivity contribution in [3.63, 3.8) is 0 Å². The zero-order valence-corrected chi connectivity index (χ0v) is 21.2. The molecule has 5 rings (SSSR count).